The summed E-state index contributed by atoms with van der Waals surface area (Å²) in [6.45, 7) is 3.37. The van der Waals surface area contributed by atoms with Crippen LogP contribution < -0.4 is 16.0 Å². The van der Waals surface area contributed by atoms with Gasteiger partial charge in [0.1, 0.15) is 6.04 Å². The first-order valence-corrected chi connectivity index (χ1v) is 25.7. The first kappa shape index (κ1) is 62.2. The second kappa shape index (κ2) is 33.7. The van der Waals surface area contributed by atoms with Gasteiger partial charge in [0, 0.05) is 100 Å². The van der Waals surface area contributed by atoms with Gasteiger partial charge in [-0.2, -0.15) is 0 Å². The molecule has 1 aliphatic rings. The van der Waals surface area contributed by atoms with Crippen molar-refractivity contribution in [3.05, 3.63) is 68.8 Å². The van der Waals surface area contributed by atoms with E-state index < -0.39 is 53.7 Å². The highest BCUT2D eigenvalue weighted by Gasteiger charge is 2.25. The Morgan fingerprint density at radius 1 is 0.554 bits per heavy atom. The fourth-order valence-corrected chi connectivity index (χ4v) is 8.47. The molecule has 1 fully saturated rings. The summed E-state index contributed by atoms with van der Waals surface area (Å²) in [5.41, 5.74) is 2.16. The number of hydrogen-bond donors (Lipinski definition) is 8. The summed E-state index contributed by atoms with van der Waals surface area (Å²) in [4.78, 5) is 130. The highest BCUT2D eigenvalue weighted by Crippen LogP contribution is 2.16. The second-order valence-corrected chi connectivity index (χ2v) is 19.5. The van der Waals surface area contributed by atoms with E-state index in [1.54, 1.807) is 43.9 Å². The van der Waals surface area contributed by atoms with Gasteiger partial charge in [0.2, 0.25) is 11.8 Å². The number of amides is 4. The van der Waals surface area contributed by atoms with Crippen LogP contribution in [0, 0.1) is 3.57 Å². The molecule has 0 aromatic heterocycles. The van der Waals surface area contributed by atoms with Crippen molar-refractivity contribution < 1.29 is 73.5 Å². The lowest BCUT2D eigenvalue weighted by Gasteiger charge is -2.32. The number of carboxylic acids is 5. The van der Waals surface area contributed by atoms with E-state index >= 15 is 0 Å². The molecule has 408 valence electrons. The molecule has 0 spiro atoms. The summed E-state index contributed by atoms with van der Waals surface area (Å²) >= 11 is 2.19. The van der Waals surface area contributed by atoms with Crippen LogP contribution in [0.3, 0.4) is 0 Å². The van der Waals surface area contributed by atoms with Gasteiger partial charge in [-0.1, -0.05) is 42.8 Å². The van der Waals surface area contributed by atoms with Crippen LogP contribution >= 0.6 is 22.6 Å². The first-order valence-electron chi connectivity index (χ1n) is 24.6. The van der Waals surface area contributed by atoms with Gasteiger partial charge in [-0.25, -0.2) is 9.59 Å². The number of urea groups is 1. The number of unbranched alkanes of at least 4 members (excludes halogenated alkanes) is 3. The van der Waals surface area contributed by atoms with E-state index in [-0.39, 0.29) is 122 Å². The van der Waals surface area contributed by atoms with Crippen molar-refractivity contribution in [2.24, 2.45) is 0 Å². The number of rotatable bonds is 31. The fourth-order valence-electron chi connectivity index (χ4n) is 8.11. The van der Waals surface area contributed by atoms with E-state index in [9.17, 15) is 68.4 Å². The van der Waals surface area contributed by atoms with E-state index in [0.29, 0.717) is 63.8 Å². The van der Waals surface area contributed by atoms with Gasteiger partial charge >= 0.3 is 35.9 Å². The van der Waals surface area contributed by atoms with E-state index in [0.717, 1.165) is 14.7 Å². The van der Waals surface area contributed by atoms with Gasteiger partial charge in [0.25, 0.3) is 0 Å². The summed E-state index contributed by atoms with van der Waals surface area (Å²) in [6.07, 6.45) is 2.51. The average Bonchev–Trinajstić information content (AvgIpc) is 3.33. The highest BCUT2D eigenvalue weighted by atomic mass is 127. The van der Waals surface area contributed by atoms with Crippen molar-refractivity contribution in [2.75, 3.05) is 85.1 Å². The Balaban J connectivity index is 1.48. The van der Waals surface area contributed by atoms with E-state index in [4.69, 9.17) is 5.11 Å². The molecule has 2 aromatic carbocycles. The third-order valence-corrected chi connectivity index (χ3v) is 13.0. The number of nitrogens with zero attached hydrogens (tertiary/aromatic N) is 5. The molecular weight excluding hydrogens is 1080 g/mol. The van der Waals surface area contributed by atoms with E-state index in [1.807, 2.05) is 29.2 Å². The van der Waals surface area contributed by atoms with Crippen molar-refractivity contribution in [1.29, 1.82) is 0 Å². The summed E-state index contributed by atoms with van der Waals surface area (Å²) in [5.74, 6) is -6.52. The Morgan fingerprint density at radius 3 is 1.53 bits per heavy atom. The second-order valence-electron chi connectivity index (χ2n) is 18.3. The number of hydrogen-bond acceptors (Lipinski definition) is 14. The maximum atomic E-state index is 13.5. The van der Waals surface area contributed by atoms with Crippen molar-refractivity contribution >= 4 is 81.8 Å². The van der Waals surface area contributed by atoms with Crippen LogP contribution in [0.2, 0.25) is 0 Å². The molecule has 4 amide bonds. The number of nitrogens with one attached hydrogen (secondary N) is 3. The molecule has 0 saturated carbocycles. The van der Waals surface area contributed by atoms with Crippen LogP contribution in [-0.2, 0) is 51.4 Å². The lowest BCUT2D eigenvalue weighted by Crippen LogP contribution is -2.50. The van der Waals surface area contributed by atoms with E-state index in [1.165, 1.54) is 6.92 Å². The van der Waals surface area contributed by atoms with Crippen LogP contribution in [0.15, 0.2) is 48.5 Å². The zero-order valence-electron chi connectivity index (χ0n) is 41.9. The Hall–Kier alpha value is -6.09. The fraction of sp³-hybridized carbons (Fsp3) is 0.560. The lowest BCUT2D eigenvalue weighted by atomic mass is 10.0. The molecule has 23 nitrogen and oxygen atoms in total. The normalized spacial score (nSPS) is 15.1. The molecule has 24 heteroatoms. The average molecular weight is 1150 g/mol. The molecule has 2 atom stereocenters. The number of carbonyl (C=O) groups excluding carboxylic acids is 5. The minimum atomic E-state index is -1.29. The van der Waals surface area contributed by atoms with Gasteiger partial charge in [-0.15, -0.1) is 0 Å². The van der Waals surface area contributed by atoms with Crippen molar-refractivity contribution in [1.82, 2.24) is 40.4 Å². The quantitative estimate of drug-likeness (QED) is 0.0305. The molecule has 74 heavy (non-hydrogen) atoms. The van der Waals surface area contributed by atoms with Crippen LogP contribution in [0.5, 0.6) is 0 Å². The molecule has 0 bridgehead atoms. The Morgan fingerprint density at radius 2 is 1.04 bits per heavy atom. The van der Waals surface area contributed by atoms with Gasteiger partial charge in [-0.05, 0) is 91.3 Å². The summed E-state index contributed by atoms with van der Waals surface area (Å²) in [6, 6.07) is 11.3. The molecule has 0 aliphatic carbocycles. The minimum absolute atomic E-state index is 0.0393. The van der Waals surface area contributed by atoms with Crippen LogP contribution in [0.4, 0.5) is 4.79 Å². The highest BCUT2D eigenvalue weighted by molar-refractivity contribution is 14.1. The molecule has 1 heterocycles. The lowest BCUT2D eigenvalue weighted by molar-refractivity contribution is -0.140. The Labute approximate surface area is 444 Å². The molecule has 8 N–H and O–H groups in total. The molecule has 2 aromatic rings. The van der Waals surface area contributed by atoms with Crippen LogP contribution in [-0.4, -0.2) is 206 Å². The molecule has 0 unspecified atom stereocenters. The summed E-state index contributed by atoms with van der Waals surface area (Å²) in [7, 11) is 0. The third-order valence-electron chi connectivity index (χ3n) is 12.3. The monoisotopic (exact) mass is 1150 g/mol. The minimum Gasteiger partial charge on any atom is -0.481 e. The van der Waals surface area contributed by atoms with Crippen LogP contribution in [0.1, 0.15) is 92.6 Å². The Kier molecular flexibility index (Phi) is 28.3. The number of halogens is 1. The largest absolute Gasteiger partial charge is 0.481 e. The number of ketones is 2. The molecule has 3 rings (SSSR count). The maximum Gasteiger partial charge on any atom is 0.326 e. The van der Waals surface area contributed by atoms with Crippen molar-refractivity contribution in [3.63, 3.8) is 0 Å². The number of Topliss-reactive ketones (excluding diaryl/α,β-unsaturated/α-hetero) is 2. The SMILES string of the molecule is CC(=O)[C@@H](CCC(=O)O)NC(=O)N[C@H](CCCCN(Cc1ccc(I)cc1)C(=O)CCCCCC(=O)c1ccc(CNC(=O)CN2CCN(CC(=O)O)CCN(CC(=O)O)CCN(CC(=O)O)CC2)cc1)C(=O)O. The molecule has 1 saturated heterocycles. The van der Waals surface area contributed by atoms with Crippen molar-refractivity contribution in [2.45, 2.75) is 96.3 Å². The zero-order valence-corrected chi connectivity index (χ0v) is 44.0. The topological polar surface area (TPSA) is 324 Å². The van der Waals surface area contributed by atoms with Gasteiger partial charge in [0.15, 0.2) is 11.6 Å². The molecule has 0 radical (unpaired) electrons. The number of carbonyl (C=O) groups is 10. The number of aliphatic carboxylic acids is 5. The predicted octanol–water partition coefficient (Wildman–Crippen LogP) is 2.29. The third kappa shape index (κ3) is 26.2. The molecular formula is C50H71IN8O15. The summed E-state index contributed by atoms with van der Waals surface area (Å²) in [5, 5.41) is 54.6. The number of benzene rings is 2. The maximum absolute atomic E-state index is 13.5. The number of carboxylic acid groups (broad SMARTS) is 5. The van der Waals surface area contributed by atoms with Crippen molar-refractivity contribution in [3.8, 4) is 0 Å². The van der Waals surface area contributed by atoms with Gasteiger partial charge in [0.05, 0.1) is 32.2 Å². The standard InChI is InChI=1S/C50H71IN8O15/c1-35(60)40(18-19-45(64)65)53-50(74)54-41(49(72)73)7-5-6-20-59(30-37-12-16-39(51)17-13-37)44(63)9-4-2-3-8-42(61)38-14-10-36(11-15-38)29-52-43(62)31-55-21-23-56(32-46(66)67)25-27-58(34-48(70)71)28-26-57(24-22-55)33-47(68)69/h10-17,40-41H,2-9,18-34H2,1H3,(H,52,62)(H,64,65)(H,66,67)(H,68,69)(H,70,71)(H,72,73)(H2,53,54,74)/t40-,41-/m1/s1. The van der Waals surface area contributed by atoms with E-state index in [2.05, 4.69) is 38.5 Å². The summed E-state index contributed by atoms with van der Waals surface area (Å²) < 4.78 is 1.03. The van der Waals surface area contributed by atoms with Gasteiger partial charge in [-0.3, -0.25) is 58.0 Å². The predicted molar refractivity (Wildman–Crippen MR) is 277 cm³/mol. The van der Waals surface area contributed by atoms with Crippen LogP contribution in [0.25, 0.3) is 0 Å². The smallest absolute Gasteiger partial charge is 0.326 e. The Bertz CT molecular complexity index is 2170. The zero-order chi connectivity index (χ0) is 54.6. The first-order chi connectivity index (χ1) is 35.2. The molecule has 1 aliphatic heterocycles. The van der Waals surface area contributed by atoms with Gasteiger partial charge < -0.3 is 46.4 Å².